The molecule has 1 saturated heterocycles. The number of benzene rings is 2. The maximum Gasteiger partial charge on any atom is 0.274 e. The van der Waals surface area contributed by atoms with E-state index in [2.05, 4.69) is 4.90 Å². The minimum absolute atomic E-state index is 0.218. The SMILES string of the molecule is COc1ccc(S(=O)(=O)N2CCc3c(N4CCN(C(=O)C(Cl)(Cl)Cl)CC4)cccc32)cc1. The molecule has 0 saturated carbocycles. The van der Waals surface area contributed by atoms with Gasteiger partial charge in [-0.3, -0.25) is 9.10 Å². The molecule has 2 aromatic rings. The van der Waals surface area contributed by atoms with Gasteiger partial charge in [0, 0.05) is 44.0 Å². The third kappa shape index (κ3) is 4.33. The number of carbonyl (C=O) groups excluding carboxylic acids is 1. The number of carbonyl (C=O) groups is 1. The zero-order valence-electron chi connectivity index (χ0n) is 17.3. The van der Waals surface area contributed by atoms with E-state index in [0.29, 0.717) is 50.6 Å². The van der Waals surface area contributed by atoms with Crippen LogP contribution < -0.4 is 13.9 Å². The van der Waals surface area contributed by atoms with Gasteiger partial charge in [-0.25, -0.2) is 8.42 Å². The van der Waals surface area contributed by atoms with Crippen molar-refractivity contribution in [3.05, 3.63) is 48.0 Å². The number of anilines is 2. The lowest BCUT2D eigenvalue weighted by Crippen LogP contribution is -2.52. The van der Waals surface area contributed by atoms with Gasteiger partial charge in [0.2, 0.25) is 0 Å². The Morgan fingerprint density at radius 2 is 1.56 bits per heavy atom. The number of halogens is 3. The number of piperazine rings is 1. The van der Waals surface area contributed by atoms with Crippen LogP contribution in [0.5, 0.6) is 5.75 Å². The molecule has 2 aliphatic rings. The van der Waals surface area contributed by atoms with Crippen LogP contribution in [0.3, 0.4) is 0 Å². The van der Waals surface area contributed by atoms with Gasteiger partial charge in [0.25, 0.3) is 19.7 Å². The standard InChI is InChI=1S/C21H22Cl3N3O4S/c1-31-15-5-7-16(8-6-15)32(29,30)27-10-9-17-18(3-2-4-19(17)27)25-11-13-26(14-12-25)20(28)21(22,23)24/h2-8H,9-14H2,1H3. The molecule has 0 radical (unpaired) electrons. The Labute approximate surface area is 202 Å². The summed E-state index contributed by atoms with van der Waals surface area (Å²) in [6, 6.07) is 12.0. The quantitative estimate of drug-likeness (QED) is 0.580. The lowest BCUT2D eigenvalue weighted by atomic mass is 10.1. The van der Waals surface area contributed by atoms with Gasteiger partial charge in [-0.2, -0.15) is 0 Å². The number of methoxy groups -OCH3 is 1. The number of fused-ring (bicyclic) bond motifs is 1. The highest BCUT2D eigenvalue weighted by atomic mass is 35.6. The molecule has 0 atom stereocenters. The predicted octanol–water partition coefficient (Wildman–Crippen LogP) is 3.47. The number of alkyl halides is 3. The van der Waals surface area contributed by atoms with Crippen LogP contribution in [0.25, 0.3) is 0 Å². The van der Waals surface area contributed by atoms with Crippen LogP contribution in [-0.2, 0) is 21.2 Å². The number of hydrogen-bond acceptors (Lipinski definition) is 5. The van der Waals surface area contributed by atoms with Crippen LogP contribution >= 0.6 is 34.8 Å². The Bertz CT molecular complexity index is 1110. The molecule has 1 fully saturated rings. The molecule has 4 rings (SSSR count). The Hall–Kier alpha value is -1.87. The van der Waals surface area contributed by atoms with Crippen molar-refractivity contribution in [3.63, 3.8) is 0 Å². The van der Waals surface area contributed by atoms with Crippen molar-refractivity contribution in [2.24, 2.45) is 0 Å². The molecule has 2 aromatic carbocycles. The molecular formula is C21H22Cl3N3O4S. The molecule has 2 aliphatic heterocycles. The summed E-state index contributed by atoms with van der Waals surface area (Å²) in [4.78, 5) is 16.1. The summed E-state index contributed by atoms with van der Waals surface area (Å²) in [6.07, 6.45) is 0.605. The number of ether oxygens (including phenoxy) is 1. The topological polar surface area (TPSA) is 70.2 Å². The number of rotatable bonds is 4. The maximum absolute atomic E-state index is 13.3. The number of sulfonamides is 1. The summed E-state index contributed by atoms with van der Waals surface area (Å²) < 4.78 is 31.2. The number of hydrogen-bond donors (Lipinski definition) is 0. The fraction of sp³-hybridized carbons (Fsp3) is 0.381. The summed E-state index contributed by atoms with van der Waals surface area (Å²) in [7, 11) is -2.16. The highest BCUT2D eigenvalue weighted by Crippen LogP contribution is 2.39. The first-order chi connectivity index (χ1) is 15.1. The lowest BCUT2D eigenvalue weighted by Gasteiger charge is -2.38. The molecule has 0 aliphatic carbocycles. The van der Waals surface area contributed by atoms with Gasteiger partial charge in [-0.05, 0) is 42.8 Å². The molecule has 0 N–H and O–H groups in total. The van der Waals surface area contributed by atoms with E-state index in [1.807, 2.05) is 18.2 Å². The van der Waals surface area contributed by atoms with E-state index in [1.54, 1.807) is 24.3 Å². The summed E-state index contributed by atoms with van der Waals surface area (Å²) in [5.74, 6) is 0.0672. The van der Waals surface area contributed by atoms with Crippen LogP contribution in [0, 0.1) is 0 Å². The third-order valence-corrected chi connectivity index (χ3v) is 8.07. The molecule has 0 aromatic heterocycles. The first-order valence-electron chi connectivity index (χ1n) is 10.0. The lowest BCUT2D eigenvalue weighted by molar-refractivity contribution is -0.130. The van der Waals surface area contributed by atoms with Crippen LogP contribution in [-0.4, -0.2) is 62.9 Å². The average Bonchev–Trinajstić information content (AvgIpc) is 3.23. The Morgan fingerprint density at radius 1 is 0.938 bits per heavy atom. The normalized spacial score (nSPS) is 16.8. The Morgan fingerprint density at radius 3 is 2.16 bits per heavy atom. The molecule has 0 bridgehead atoms. The minimum Gasteiger partial charge on any atom is -0.497 e. The van der Waals surface area contributed by atoms with Crippen molar-refractivity contribution in [2.75, 3.05) is 49.0 Å². The van der Waals surface area contributed by atoms with E-state index in [1.165, 1.54) is 16.3 Å². The van der Waals surface area contributed by atoms with Gasteiger partial charge in [0.05, 0.1) is 17.7 Å². The fourth-order valence-electron chi connectivity index (χ4n) is 4.14. The smallest absolute Gasteiger partial charge is 0.274 e. The van der Waals surface area contributed by atoms with E-state index < -0.39 is 19.7 Å². The van der Waals surface area contributed by atoms with E-state index in [0.717, 1.165) is 11.3 Å². The summed E-state index contributed by atoms with van der Waals surface area (Å²) in [5.41, 5.74) is 2.62. The van der Waals surface area contributed by atoms with Crippen molar-refractivity contribution in [1.29, 1.82) is 0 Å². The monoisotopic (exact) mass is 517 g/mol. The van der Waals surface area contributed by atoms with E-state index in [9.17, 15) is 13.2 Å². The van der Waals surface area contributed by atoms with Crippen molar-refractivity contribution >= 4 is 62.1 Å². The first kappa shape index (κ1) is 23.3. The average molecular weight is 519 g/mol. The molecule has 7 nitrogen and oxygen atoms in total. The maximum atomic E-state index is 13.3. The fourth-order valence-corrected chi connectivity index (χ4v) is 5.99. The largest absolute Gasteiger partial charge is 0.497 e. The third-order valence-electron chi connectivity index (χ3n) is 5.76. The zero-order valence-corrected chi connectivity index (χ0v) is 20.4. The second-order valence-corrected chi connectivity index (χ2v) is 11.7. The zero-order chi connectivity index (χ0) is 23.1. The van der Waals surface area contributed by atoms with Crippen molar-refractivity contribution in [3.8, 4) is 5.75 Å². The molecule has 0 unspecified atom stereocenters. The summed E-state index contributed by atoms with van der Waals surface area (Å²) >= 11 is 17.2. The van der Waals surface area contributed by atoms with Gasteiger partial charge >= 0.3 is 0 Å². The minimum atomic E-state index is -3.70. The molecular weight excluding hydrogens is 497 g/mol. The predicted molar refractivity (Wildman–Crippen MR) is 127 cm³/mol. The van der Waals surface area contributed by atoms with Crippen molar-refractivity contribution < 1.29 is 17.9 Å². The molecule has 11 heteroatoms. The molecule has 0 spiro atoms. The van der Waals surface area contributed by atoms with Gasteiger partial charge in [-0.15, -0.1) is 0 Å². The summed E-state index contributed by atoms with van der Waals surface area (Å²) in [6.45, 7) is 2.34. The molecule has 1 amide bonds. The second kappa shape index (κ2) is 8.82. The van der Waals surface area contributed by atoms with Crippen LogP contribution in [0.4, 0.5) is 11.4 Å². The molecule has 2 heterocycles. The van der Waals surface area contributed by atoms with Gasteiger partial charge < -0.3 is 14.5 Å². The van der Waals surface area contributed by atoms with Crippen LogP contribution in [0.1, 0.15) is 5.56 Å². The number of nitrogens with zero attached hydrogens (tertiary/aromatic N) is 3. The molecule has 172 valence electrons. The van der Waals surface area contributed by atoms with E-state index in [4.69, 9.17) is 39.5 Å². The second-order valence-electron chi connectivity index (χ2n) is 7.55. The van der Waals surface area contributed by atoms with Crippen LogP contribution in [0.2, 0.25) is 0 Å². The van der Waals surface area contributed by atoms with Gasteiger partial charge in [0.15, 0.2) is 0 Å². The highest BCUT2D eigenvalue weighted by Gasteiger charge is 2.37. The van der Waals surface area contributed by atoms with Crippen molar-refractivity contribution in [1.82, 2.24) is 4.90 Å². The van der Waals surface area contributed by atoms with Crippen molar-refractivity contribution in [2.45, 2.75) is 15.1 Å². The van der Waals surface area contributed by atoms with Gasteiger partial charge in [-0.1, -0.05) is 40.9 Å². The van der Waals surface area contributed by atoms with Gasteiger partial charge in [0.1, 0.15) is 5.75 Å². The first-order valence-corrected chi connectivity index (χ1v) is 12.6. The van der Waals surface area contributed by atoms with E-state index in [-0.39, 0.29) is 4.90 Å². The summed E-state index contributed by atoms with van der Waals surface area (Å²) in [5, 5.41) is 0. The Kier molecular flexibility index (Phi) is 6.42. The van der Waals surface area contributed by atoms with E-state index >= 15 is 0 Å². The van der Waals surface area contributed by atoms with Crippen LogP contribution in [0.15, 0.2) is 47.4 Å². The number of amides is 1. The molecule has 32 heavy (non-hydrogen) atoms. The highest BCUT2D eigenvalue weighted by molar-refractivity contribution is 7.92. The Balaban J connectivity index is 1.55.